The van der Waals surface area contributed by atoms with Crippen LogP contribution in [0.25, 0.3) is 0 Å². The number of ether oxygens (including phenoxy) is 1. The fourth-order valence-corrected chi connectivity index (χ4v) is 2.54. The molecule has 1 saturated carbocycles. The van der Waals surface area contributed by atoms with Gasteiger partial charge in [-0.3, -0.25) is 4.90 Å². The van der Waals surface area contributed by atoms with Crippen LogP contribution in [0.3, 0.4) is 0 Å². The van der Waals surface area contributed by atoms with Gasteiger partial charge in [0.05, 0.1) is 6.61 Å². The van der Waals surface area contributed by atoms with Gasteiger partial charge < -0.3 is 10.5 Å². The first kappa shape index (κ1) is 12.0. The third-order valence-corrected chi connectivity index (χ3v) is 3.26. The van der Waals surface area contributed by atoms with Crippen LogP contribution < -0.4 is 5.73 Å². The Kier molecular flexibility index (Phi) is 5.45. The zero-order valence-corrected chi connectivity index (χ0v) is 9.54. The molecule has 1 rings (SSSR count). The summed E-state index contributed by atoms with van der Waals surface area (Å²) in [4.78, 5) is 2.52. The summed E-state index contributed by atoms with van der Waals surface area (Å²) in [6.45, 7) is 4.78. The van der Waals surface area contributed by atoms with Crippen LogP contribution in [0, 0.1) is 0 Å². The Balaban J connectivity index is 2.48. The van der Waals surface area contributed by atoms with E-state index < -0.39 is 0 Å². The molecular formula is C11H24N2O. The predicted molar refractivity (Wildman–Crippen MR) is 59.4 cm³/mol. The van der Waals surface area contributed by atoms with Gasteiger partial charge in [0.15, 0.2) is 0 Å². The summed E-state index contributed by atoms with van der Waals surface area (Å²) in [5.74, 6) is 0. The van der Waals surface area contributed by atoms with Crippen LogP contribution in [0.4, 0.5) is 0 Å². The van der Waals surface area contributed by atoms with E-state index in [-0.39, 0.29) is 0 Å². The van der Waals surface area contributed by atoms with Gasteiger partial charge >= 0.3 is 0 Å². The molecule has 3 heteroatoms. The van der Waals surface area contributed by atoms with E-state index >= 15 is 0 Å². The van der Waals surface area contributed by atoms with Gasteiger partial charge in [-0.25, -0.2) is 0 Å². The number of rotatable bonds is 6. The number of nitrogens with zero attached hydrogens (tertiary/aromatic N) is 1. The molecule has 0 radical (unpaired) electrons. The Labute approximate surface area is 87.6 Å². The minimum absolute atomic E-state index is 0.410. The van der Waals surface area contributed by atoms with Crippen molar-refractivity contribution in [3.8, 4) is 0 Å². The minimum atomic E-state index is 0.410. The van der Waals surface area contributed by atoms with Crippen LogP contribution >= 0.6 is 0 Å². The molecule has 0 aromatic heterocycles. The Morgan fingerprint density at radius 2 is 2.07 bits per heavy atom. The van der Waals surface area contributed by atoms with Crippen molar-refractivity contribution in [2.24, 2.45) is 5.73 Å². The first-order chi connectivity index (χ1) is 6.83. The maximum absolute atomic E-state index is 5.78. The fraction of sp³-hybridized carbons (Fsp3) is 1.00. The molecule has 1 aliphatic carbocycles. The van der Waals surface area contributed by atoms with E-state index in [1.165, 1.54) is 25.7 Å². The molecule has 3 nitrogen and oxygen atoms in total. The van der Waals surface area contributed by atoms with Crippen molar-refractivity contribution in [3.05, 3.63) is 0 Å². The van der Waals surface area contributed by atoms with Crippen LogP contribution in [0.2, 0.25) is 0 Å². The van der Waals surface area contributed by atoms with Crippen molar-refractivity contribution in [1.29, 1.82) is 0 Å². The molecule has 84 valence electrons. The zero-order chi connectivity index (χ0) is 10.4. The lowest BCUT2D eigenvalue weighted by Crippen LogP contribution is -2.48. The largest absolute Gasteiger partial charge is 0.383 e. The van der Waals surface area contributed by atoms with Crippen LogP contribution in [0.15, 0.2) is 0 Å². The Morgan fingerprint density at radius 3 is 2.50 bits per heavy atom. The molecule has 1 atom stereocenters. The Morgan fingerprint density at radius 1 is 1.43 bits per heavy atom. The molecule has 0 saturated heterocycles. The Bertz CT molecular complexity index is 146. The summed E-state index contributed by atoms with van der Waals surface area (Å²) in [7, 11) is 1.76. The van der Waals surface area contributed by atoms with Gasteiger partial charge in [0, 0.05) is 25.7 Å². The van der Waals surface area contributed by atoms with E-state index in [9.17, 15) is 0 Å². The van der Waals surface area contributed by atoms with E-state index in [4.69, 9.17) is 10.5 Å². The lowest BCUT2D eigenvalue weighted by Gasteiger charge is -2.34. The smallest absolute Gasteiger partial charge is 0.0630 e. The van der Waals surface area contributed by atoms with Crippen LogP contribution in [0.1, 0.15) is 32.6 Å². The Hall–Kier alpha value is -0.120. The monoisotopic (exact) mass is 200 g/mol. The van der Waals surface area contributed by atoms with Gasteiger partial charge in [-0.05, 0) is 19.4 Å². The first-order valence-corrected chi connectivity index (χ1v) is 5.78. The molecule has 0 aromatic carbocycles. The number of methoxy groups -OCH3 is 1. The zero-order valence-electron chi connectivity index (χ0n) is 9.54. The average molecular weight is 200 g/mol. The number of hydrogen-bond donors (Lipinski definition) is 1. The van der Waals surface area contributed by atoms with E-state index in [1.54, 1.807) is 7.11 Å². The quantitative estimate of drug-likeness (QED) is 0.701. The third kappa shape index (κ3) is 2.94. The SMILES string of the molecule is CCN(C1CCCC1)C(CN)COC. The summed E-state index contributed by atoms with van der Waals surface area (Å²) in [6, 6.07) is 1.16. The highest BCUT2D eigenvalue weighted by Crippen LogP contribution is 2.24. The summed E-state index contributed by atoms with van der Waals surface area (Å²) >= 11 is 0. The van der Waals surface area contributed by atoms with E-state index in [0.29, 0.717) is 12.6 Å². The molecule has 1 aliphatic rings. The summed E-state index contributed by atoms with van der Waals surface area (Å²) in [5, 5.41) is 0. The lowest BCUT2D eigenvalue weighted by atomic mass is 10.1. The maximum atomic E-state index is 5.78. The van der Waals surface area contributed by atoms with Crippen molar-refractivity contribution in [3.63, 3.8) is 0 Å². The maximum Gasteiger partial charge on any atom is 0.0630 e. The number of hydrogen-bond acceptors (Lipinski definition) is 3. The molecule has 2 N–H and O–H groups in total. The van der Waals surface area contributed by atoms with Gasteiger partial charge in [-0.1, -0.05) is 19.8 Å². The summed E-state index contributed by atoms with van der Waals surface area (Å²) in [5.41, 5.74) is 5.78. The van der Waals surface area contributed by atoms with E-state index in [1.807, 2.05) is 0 Å². The molecule has 1 fully saturated rings. The van der Waals surface area contributed by atoms with Crippen molar-refractivity contribution >= 4 is 0 Å². The highest BCUT2D eigenvalue weighted by molar-refractivity contribution is 4.82. The van der Waals surface area contributed by atoms with Gasteiger partial charge in [0.2, 0.25) is 0 Å². The number of nitrogens with two attached hydrogens (primary N) is 1. The topological polar surface area (TPSA) is 38.5 Å². The molecular weight excluding hydrogens is 176 g/mol. The van der Waals surface area contributed by atoms with Crippen LogP contribution in [-0.4, -0.2) is 43.8 Å². The highest BCUT2D eigenvalue weighted by Gasteiger charge is 2.26. The van der Waals surface area contributed by atoms with Crippen molar-refractivity contribution in [2.75, 3.05) is 26.8 Å². The second-order valence-electron chi connectivity index (χ2n) is 4.11. The van der Waals surface area contributed by atoms with Crippen molar-refractivity contribution in [2.45, 2.75) is 44.7 Å². The van der Waals surface area contributed by atoms with E-state index in [0.717, 1.165) is 19.2 Å². The van der Waals surface area contributed by atoms with E-state index in [2.05, 4.69) is 11.8 Å². The van der Waals surface area contributed by atoms with Crippen LogP contribution in [-0.2, 0) is 4.74 Å². The van der Waals surface area contributed by atoms with Gasteiger partial charge in [0.1, 0.15) is 0 Å². The van der Waals surface area contributed by atoms with Crippen molar-refractivity contribution in [1.82, 2.24) is 4.90 Å². The molecule has 0 bridgehead atoms. The third-order valence-electron chi connectivity index (χ3n) is 3.26. The molecule has 0 heterocycles. The first-order valence-electron chi connectivity index (χ1n) is 5.78. The normalized spacial score (nSPS) is 20.6. The van der Waals surface area contributed by atoms with Crippen LogP contribution in [0.5, 0.6) is 0 Å². The standard InChI is InChI=1S/C11H24N2O/c1-3-13(10-6-4-5-7-10)11(8-12)9-14-2/h10-11H,3-9,12H2,1-2H3. The molecule has 0 aromatic rings. The molecule has 0 spiro atoms. The summed E-state index contributed by atoms with van der Waals surface area (Å²) in [6.07, 6.45) is 5.44. The molecule has 0 aliphatic heterocycles. The second kappa shape index (κ2) is 6.38. The van der Waals surface area contributed by atoms with Gasteiger partial charge in [-0.2, -0.15) is 0 Å². The van der Waals surface area contributed by atoms with Crippen molar-refractivity contribution < 1.29 is 4.74 Å². The predicted octanol–water partition coefficient (Wildman–Crippen LogP) is 1.22. The summed E-state index contributed by atoms with van der Waals surface area (Å²) < 4.78 is 5.22. The average Bonchev–Trinajstić information content (AvgIpc) is 2.71. The number of likely N-dealkylation sites (N-methyl/N-ethyl adjacent to an activating group) is 1. The lowest BCUT2D eigenvalue weighted by molar-refractivity contribution is 0.0697. The van der Waals surface area contributed by atoms with Gasteiger partial charge in [0.25, 0.3) is 0 Å². The molecule has 0 amide bonds. The second-order valence-corrected chi connectivity index (χ2v) is 4.11. The molecule has 1 unspecified atom stereocenters. The highest BCUT2D eigenvalue weighted by atomic mass is 16.5. The fourth-order valence-electron chi connectivity index (χ4n) is 2.54. The molecule has 14 heavy (non-hydrogen) atoms. The minimum Gasteiger partial charge on any atom is -0.383 e. The van der Waals surface area contributed by atoms with Gasteiger partial charge in [-0.15, -0.1) is 0 Å².